The van der Waals surface area contributed by atoms with Crippen molar-refractivity contribution in [3.8, 4) is 0 Å². The summed E-state index contributed by atoms with van der Waals surface area (Å²) >= 11 is 7.23. The summed E-state index contributed by atoms with van der Waals surface area (Å²) in [7, 11) is 0. The first-order valence-corrected chi connectivity index (χ1v) is 9.60. The maximum atomic E-state index is 12.4. The Labute approximate surface area is 170 Å². The highest BCUT2D eigenvalue weighted by Crippen LogP contribution is 2.31. The van der Waals surface area contributed by atoms with Crippen molar-refractivity contribution in [1.29, 1.82) is 0 Å². The second-order valence-electron chi connectivity index (χ2n) is 6.16. The first kappa shape index (κ1) is 18.3. The number of halogens is 1. The van der Waals surface area contributed by atoms with Crippen molar-refractivity contribution >= 4 is 63.0 Å². The van der Waals surface area contributed by atoms with Crippen molar-refractivity contribution in [2.45, 2.75) is 6.54 Å². The van der Waals surface area contributed by atoms with Crippen molar-refractivity contribution in [3.05, 3.63) is 70.2 Å². The topological polar surface area (TPSA) is 89.5 Å². The highest BCUT2D eigenvalue weighted by molar-refractivity contribution is 8.18. The third-order valence-corrected chi connectivity index (χ3v) is 5.27. The summed E-state index contributed by atoms with van der Waals surface area (Å²) in [5.41, 5.74) is 7.72. The summed E-state index contributed by atoms with van der Waals surface area (Å²) in [5.74, 6) is -0.651. The molecule has 8 heteroatoms. The van der Waals surface area contributed by atoms with Crippen LogP contribution in [0.4, 0.5) is 5.69 Å². The zero-order valence-corrected chi connectivity index (χ0v) is 16.1. The molecule has 0 saturated carbocycles. The Balaban J connectivity index is 1.68. The molecular weight excluding hydrogens is 396 g/mol. The lowest BCUT2D eigenvalue weighted by Crippen LogP contribution is -2.19. The van der Waals surface area contributed by atoms with Gasteiger partial charge in [0, 0.05) is 27.7 Å². The fourth-order valence-corrected chi connectivity index (χ4v) is 3.99. The summed E-state index contributed by atoms with van der Waals surface area (Å²) in [6.07, 6.45) is 3.61. The van der Waals surface area contributed by atoms with Crippen LogP contribution in [-0.2, 0) is 16.1 Å². The molecule has 0 atom stereocenters. The normalized spacial score (nSPS) is 16.8. The van der Waals surface area contributed by atoms with Crippen molar-refractivity contribution in [3.63, 3.8) is 0 Å². The summed E-state index contributed by atoms with van der Waals surface area (Å²) < 4.78 is 1.78. The van der Waals surface area contributed by atoms with Gasteiger partial charge in [-0.3, -0.25) is 9.59 Å². The molecule has 1 fully saturated rings. The molecule has 6 nitrogen and oxygen atoms in total. The van der Waals surface area contributed by atoms with Gasteiger partial charge in [-0.1, -0.05) is 35.9 Å². The molecular formula is C20H15ClN4O2S. The van der Waals surface area contributed by atoms with E-state index in [1.165, 1.54) is 11.8 Å². The van der Waals surface area contributed by atoms with Gasteiger partial charge >= 0.3 is 0 Å². The maximum Gasteiger partial charge on any atom is 0.264 e. The summed E-state index contributed by atoms with van der Waals surface area (Å²) in [4.78, 5) is 28.7. The molecule has 1 aromatic heterocycles. The number of amides is 2. The Morgan fingerprint density at radius 1 is 1.25 bits per heavy atom. The Morgan fingerprint density at radius 3 is 2.86 bits per heavy atom. The summed E-state index contributed by atoms with van der Waals surface area (Å²) in [5, 5.41) is 4.76. The van der Waals surface area contributed by atoms with Crippen molar-refractivity contribution in [2.75, 3.05) is 0 Å². The number of rotatable bonds is 4. The van der Waals surface area contributed by atoms with Crippen molar-refractivity contribution in [1.82, 2.24) is 9.88 Å². The van der Waals surface area contributed by atoms with Crippen LogP contribution < -0.4 is 11.1 Å². The number of carbonyl (C=O) groups is 2. The molecule has 0 unspecified atom stereocenters. The monoisotopic (exact) mass is 410 g/mol. The number of nitrogens with two attached hydrogens (primary N) is 1. The Morgan fingerprint density at radius 2 is 2.07 bits per heavy atom. The lowest BCUT2D eigenvalue weighted by Gasteiger charge is -2.00. The largest absolute Gasteiger partial charge is 0.368 e. The van der Waals surface area contributed by atoms with E-state index in [0.29, 0.717) is 20.8 Å². The van der Waals surface area contributed by atoms with E-state index in [4.69, 9.17) is 17.3 Å². The molecule has 0 spiro atoms. The Hall–Kier alpha value is -3.03. The number of thioether (sulfide) groups is 1. The van der Waals surface area contributed by atoms with Crippen LogP contribution in [0.15, 0.2) is 64.6 Å². The molecule has 0 radical (unpaired) electrons. The minimum atomic E-state index is -0.427. The highest BCUT2D eigenvalue weighted by atomic mass is 35.5. The van der Waals surface area contributed by atoms with Gasteiger partial charge < -0.3 is 15.6 Å². The Kier molecular flexibility index (Phi) is 4.93. The van der Waals surface area contributed by atoms with Gasteiger partial charge in [0.2, 0.25) is 5.91 Å². The molecule has 1 aliphatic rings. The molecule has 3 aromatic rings. The van der Waals surface area contributed by atoms with Gasteiger partial charge in [0.25, 0.3) is 5.91 Å². The molecule has 28 heavy (non-hydrogen) atoms. The van der Waals surface area contributed by atoms with Crippen LogP contribution in [0.5, 0.6) is 0 Å². The molecule has 0 bridgehead atoms. The van der Waals surface area contributed by atoms with E-state index in [9.17, 15) is 9.59 Å². The van der Waals surface area contributed by atoms with Crippen LogP contribution in [0.2, 0.25) is 5.02 Å². The van der Waals surface area contributed by atoms with Crippen LogP contribution >= 0.6 is 23.4 Å². The fraction of sp³-hybridized carbons (Fsp3) is 0.0500. The molecule has 2 amide bonds. The number of nitrogens with one attached hydrogen (secondary N) is 1. The maximum absolute atomic E-state index is 12.4. The van der Waals surface area contributed by atoms with Gasteiger partial charge in [-0.25, -0.2) is 4.99 Å². The predicted molar refractivity (Wildman–Crippen MR) is 113 cm³/mol. The fourth-order valence-electron chi connectivity index (χ4n) is 2.97. The SMILES string of the molecule is NC(=O)Cn1cc(C=C2SC(=Nc3cccc(Cl)c3)NC2=O)c2ccccc21. The first-order valence-electron chi connectivity index (χ1n) is 8.41. The average Bonchev–Trinajstić information content (AvgIpc) is 3.16. The number of hydrogen-bond donors (Lipinski definition) is 2. The quantitative estimate of drug-likeness (QED) is 0.643. The van der Waals surface area contributed by atoms with E-state index < -0.39 is 5.91 Å². The molecule has 1 aliphatic heterocycles. The minimum absolute atomic E-state index is 0.0739. The number of hydrogen-bond acceptors (Lipinski definition) is 4. The number of aliphatic imine (C=N–C) groups is 1. The van der Waals surface area contributed by atoms with Gasteiger partial charge in [0.05, 0.1) is 10.6 Å². The van der Waals surface area contributed by atoms with Crippen LogP contribution in [0.1, 0.15) is 5.56 Å². The van der Waals surface area contributed by atoms with Crippen molar-refractivity contribution in [2.24, 2.45) is 10.7 Å². The number of carbonyl (C=O) groups excluding carboxylic acids is 2. The molecule has 4 rings (SSSR count). The first-order chi connectivity index (χ1) is 13.5. The number of nitrogens with zero attached hydrogens (tertiary/aromatic N) is 2. The van der Waals surface area contributed by atoms with Gasteiger partial charge in [-0.15, -0.1) is 0 Å². The standard InChI is InChI=1S/C20H15ClN4O2S/c21-13-4-3-5-14(9-13)23-20-24-19(27)17(28-20)8-12-10-25(11-18(22)26)16-7-2-1-6-15(12)16/h1-10H,11H2,(H2,22,26)(H,23,24,27). The number of fused-ring (bicyclic) bond motifs is 1. The lowest BCUT2D eigenvalue weighted by atomic mass is 10.1. The van der Waals surface area contributed by atoms with E-state index in [1.807, 2.05) is 36.5 Å². The van der Waals surface area contributed by atoms with Gasteiger partial charge in [0.1, 0.15) is 6.54 Å². The molecule has 0 aliphatic carbocycles. The van der Waals surface area contributed by atoms with Gasteiger partial charge in [-0.05, 0) is 42.1 Å². The number of para-hydroxylation sites is 1. The van der Waals surface area contributed by atoms with Crippen LogP contribution in [0, 0.1) is 0 Å². The zero-order chi connectivity index (χ0) is 19.7. The predicted octanol–water partition coefficient (Wildman–Crippen LogP) is 3.67. The van der Waals surface area contributed by atoms with Gasteiger partial charge in [-0.2, -0.15) is 0 Å². The minimum Gasteiger partial charge on any atom is -0.368 e. The lowest BCUT2D eigenvalue weighted by molar-refractivity contribution is -0.118. The van der Waals surface area contributed by atoms with Crippen molar-refractivity contribution < 1.29 is 9.59 Å². The van der Waals surface area contributed by atoms with E-state index in [1.54, 1.807) is 28.8 Å². The number of primary amides is 1. The van der Waals surface area contributed by atoms with Crippen LogP contribution in [0.3, 0.4) is 0 Å². The zero-order valence-electron chi connectivity index (χ0n) is 14.6. The second kappa shape index (κ2) is 7.53. The van der Waals surface area contributed by atoms with E-state index in [-0.39, 0.29) is 12.5 Å². The third kappa shape index (κ3) is 3.81. The molecule has 140 valence electrons. The van der Waals surface area contributed by atoms with E-state index >= 15 is 0 Å². The number of amidine groups is 1. The number of benzene rings is 2. The van der Waals surface area contributed by atoms with E-state index in [2.05, 4.69) is 10.3 Å². The van der Waals surface area contributed by atoms with Gasteiger partial charge in [0.15, 0.2) is 5.17 Å². The Bertz CT molecular complexity index is 1170. The summed E-state index contributed by atoms with van der Waals surface area (Å²) in [6.45, 7) is 0.0739. The molecule has 2 aromatic carbocycles. The number of aromatic nitrogens is 1. The van der Waals surface area contributed by atoms with E-state index in [0.717, 1.165) is 16.5 Å². The van der Waals surface area contributed by atoms with Crippen LogP contribution in [-0.4, -0.2) is 21.5 Å². The smallest absolute Gasteiger partial charge is 0.264 e. The van der Waals surface area contributed by atoms with Crippen LogP contribution in [0.25, 0.3) is 17.0 Å². The molecule has 1 saturated heterocycles. The second-order valence-corrected chi connectivity index (χ2v) is 7.62. The molecule has 2 heterocycles. The summed E-state index contributed by atoms with van der Waals surface area (Å²) in [6, 6.07) is 14.7. The molecule has 3 N–H and O–H groups in total. The highest BCUT2D eigenvalue weighted by Gasteiger charge is 2.24. The average molecular weight is 411 g/mol. The third-order valence-electron chi connectivity index (χ3n) is 4.12.